The monoisotopic (exact) mass is 1130 g/mol. The van der Waals surface area contributed by atoms with Crippen molar-refractivity contribution >= 4 is 76.2 Å². The number of sulfone groups is 1. The van der Waals surface area contributed by atoms with Crippen LogP contribution in [0.5, 0.6) is 0 Å². The van der Waals surface area contributed by atoms with Crippen molar-refractivity contribution in [2.75, 3.05) is 61.9 Å². The van der Waals surface area contributed by atoms with Crippen LogP contribution in [0.3, 0.4) is 0 Å². The van der Waals surface area contributed by atoms with Gasteiger partial charge in [0.2, 0.25) is 0 Å². The topological polar surface area (TPSA) is 270 Å². The first-order valence-electron chi connectivity index (χ1n) is 22.3. The Morgan fingerprint density at radius 2 is 1.40 bits per heavy atom. The van der Waals surface area contributed by atoms with Crippen LogP contribution in [0.1, 0.15) is 41.3 Å². The zero-order valence-electron chi connectivity index (χ0n) is 38.5. The number of aliphatic hydroxyl groups excluding tert-OH is 1. The van der Waals surface area contributed by atoms with Crippen molar-refractivity contribution in [3.8, 4) is 11.1 Å². The quantitative estimate of drug-likeness (QED) is 0.0229. The molecule has 1 heterocycles. The minimum Gasteiger partial charge on any atom is -0.388 e. The number of phosphoric acid groups is 2. The van der Waals surface area contributed by atoms with E-state index in [1.807, 2.05) is 41.3 Å². The Morgan fingerprint density at radius 1 is 0.808 bits per heavy atom. The van der Waals surface area contributed by atoms with Gasteiger partial charge >= 0.3 is 21.2 Å². The van der Waals surface area contributed by atoms with E-state index in [4.69, 9.17) is 31.2 Å². The molecule has 1 aliphatic rings. The van der Waals surface area contributed by atoms with E-state index in [9.17, 15) is 49.0 Å². The maximum atomic E-state index is 14.3. The van der Waals surface area contributed by atoms with Crippen molar-refractivity contribution < 1.29 is 77.7 Å². The summed E-state index contributed by atoms with van der Waals surface area (Å²) in [4.78, 5) is 51.7. The molecule has 1 amide bonds. The molecule has 6 rings (SSSR count). The predicted molar refractivity (Wildman–Crippen MR) is 269 cm³/mol. The van der Waals surface area contributed by atoms with Gasteiger partial charge in [-0.15, -0.1) is 11.8 Å². The number of sulfonamides is 1. The van der Waals surface area contributed by atoms with E-state index in [0.29, 0.717) is 41.5 Å². The summed E-state index contributed by atoms with van der Waals surface area (Å²) in [5.41, 5.74) is -3.40. The Bertz CT molecular complexity index is 2960. The van der Waals surface area contributed by atoms with Crippen molar-refractivity contribution in [2.45, 2.75) is 51.6 Å². The van der Waals surface area contributed by atoms with Gasteiger partial charge in [0.05, 0.1) is 29.9 Å². The summed E-state index contributed by atoms with van der Waals surface area (Å²) in [6.07, 6.45) is 0.458. The second kappa shape index (κ2) is 25.0. The highest BCUT2D eigenvalue weighted by Gasteiger charge is 2.48. The third-order valence-electron chi connectivity index (χ3n) is 11.7. The Morgan fingerprint density at radius 3 is 1.99 bits per heavy atom. The summed E-state index contributed by atoms with van der Waals surface area (Å²) in [5.74, 6) is -1.17. The Labute approximate surface area is 429 Å². The number of carbonyl (C=O) groups excluding carboxylic acids is 1. The zero-order valence-corrected chi connectivity index (χ0v) is 43.5. The van der Waals surface area contributed by atoms with E-state index in [-0.39, 0.29) is 49.4 Å². The molecule has 0 aliphatic carbocycles. The standard InChI is InChI=1S/C46H52ClF3N4O14P2S3/c47-35-14-10-32(11-15-35)40-8-4-5-9-41(40)44(55)33-20-24-54(25-21-33)37-16-12-34(13-17-37)45(56)52-73(65,66)39-18-19-42(43(30-39)72(63,64)46(48,49)50)51-36(31-71-38-6-2-1-3-7-38)22-23-53(26-28-67-69(57,58)59)27-29-68-70(60,61)62/h1-19,30,33,36,44,51,55H,20-29,31H2,(H,52,56)(H2,57,58,59)(H2,60,61,62). The average molecular weight is 1140 g/mol. The van der Waals surface area contributed by atoms with E-state index < -0.39 is 87.8 Å². The van der Waals surface area contributed by atoms with Gasteiger partial charge in [0.25, 0.3) is 25.8 Å². The molecule has 7 N–H and O–H groups in total. The van der Waals surface area contributed by atoms with Crippen LogP contribution in [0.4, 0.5) is 24.5 Å². The number of amides is 1. The molecule has 0 saturated carbocycles. The molecule has 2 unspecified atom stereocenters. The smallest absolute Gasteiger partial charge is 0.388 e. The maximum absolute atomic E-state index is 14.3. The first kappa shape index (κ1) is 57.9. The molecule has 5 aromatic rings. The van der Waals surface area contributed by atoms with Crippen LogP contribution in [0.2, 0.25) is 5.02 Å². The van der Waals surface area contributed by atoms with Gasteiger partial charge in [-0.3, -0.25) is 18.7 Å². The molecule has 0 spiro atoms. The van der Waals surface area contributed by atoms with E-state index >= 15 is 0 Å². The first-order chi connectivity index (χ1) is 34.3. The van der Waals surface area contributed by atoms with Crippen LogP contribution in [0.15, 0.2) is 136 Å². The SMILES string of the molecule is O=C(NS(=O)(=O)c1ccc(NC(CCN(CCOP(=O)(O)O)CCOP(=O)(O)O)CSc2ccccc2)c(S(=O)(=O)C(F)(F)F)c1)c1ccc(N2CCC(C(O)c3ccccc3-c3ccc(Cl)cc3)CC2)cc1. The van der Waals surface area contributed by atoms with Crippen molar-refractivity contribution in [3.63, 3.8) is 0 Å². The van der Waals surface area contributed by atoms with Gasteiger partial charge < -0.3 is 34.9 Å². The molecule has 18 nitrogen and oxygen atoms in total. The number of piperidine rings is 1. The number of nitrogens with zero attached hydrogens (tertiary/aromatic N) is 2. The van der Waals surface area contributed by atoms with Crippen LogP contribution in [0.25, 0.3) is 11.1 Å². The summed E-state index contributed by atoms with van der Waals surface area (Å²) >= 11 is 7.31. The van der Waals surface area contributed by atoms with Crippen LogP contribution < -0.4 is 14.9 Å². The van der Waals surface area contributed by atoms with Gasteiger partial charge in [-0.2, -0.15) is 13.2 Å². The number of hydrogen-bond acceptors (Lipinski definition) is 14. The van der Waals surface area contributed by atoms with E-state index in [0.717, 1.165) is 28.8 Å². The number of thioether (sulfide) groups is 1. The number of hydrogen-bond donors (Lipinski definition) is 7. The number of nitrogens with one attached hydrogen (secondary N) is 2. The van der Waals surface area contributed by atoms with E-state index in [1.54, 1.807) is 59.3 Å². The van der Waals surface area contributed by atoms with Gasteiger partial charge in [0, 0.05) is 65.7 Å². The number of phosphoric ester groups is 2. The minimum atomic E-state index is -6.28. The highest BCUT2D eigenvalue weighted by Crippen LogP contribution is 2.40. The number of benzene rings is 5. The zero-order chi connectivity index (χ0) is 53.2. The van der Waals surface area contributed by atoms with Crippen LogP contribution >= 0.6 is 39.0 Å². The molecule has 2 atom stereocenters. The third-order valence-corrected chi connectivity index (χ3v) is 17.0. The van der Waals surface area contributed by atoms with Crippen LogP contribution in [0, 0.1) is 5.92 Å². The van der Waals surface area contributed by atoms with Gasteiger partial charge in [-0.05, 0) is 109 Å². The number of halogens is 4. The van der Waals surface area contributed by atoms with Gasteiger partial charge in [-0.25, -0.2) is 30.7 Å². The average Bonchev–Trinajstić information content (AvgIpc) is 3.33. The van der Waals surface area contributed by atoms with E-state index in [1.165, 1.54) is 28.8 Å². The molecule has 0 radical (unpaired) electrons. The molecular weight excluding hydrogens is 1080 g/mol. The molecule has 0 bridgehead atoms. The fourth-order valence-corrected chi connectivity index (χ4v) is 11.7. The molecule has 1 aliphatic heterocycles. The van der Waals surface area contributed by atoms with Crippen LogP contribution in [-0.2, 0) is 38.0 Å². The summed E-state index contributed by atoms with van der Waals surface area (Å²) in [7, 11) is -21.2. The van der Waals surface area contributed by atoms with Gasteiger partial charge in [0.15, 0.2) is 0 Å². The minimum absolute atomic E-state index is 0.0473. The molecular formula is C46H52ClF3N4O14P2S3. The summed E-state index contributed by atoms with van der Waals surface area (Å²) in [5, 5.41) is 14.9. The normalized spacial score (nSPS) is 15.0. The highest BCUT2D eigenvalue weighted by molar-refractivity contribution is 7.99. The van der Waals surface area contributed by atoms with Crippen molar-refractivity contribution in [1.29, 1.82) is 0 Å². The second-order valence-corrected chi connectivity index (χ2v) is 24.3. The molecule has 1 saturated heterocycles. The lowest BCUT2D eigenvalue weighted by Gasteiger charge is -2.36. The summed E-state index contributed by atoms with van der Waals surface area (Å²) < 4.78 is 130. The molecule has 396 valence electrons. The predicted octanol–water partition coefficient (Wildman–Crippen LogP) is 7.85. The maximum Gasteiger partial charge on any atom is 0.501 e. The fourth-order valence-electron chi connectivity index (χ4n) is 7.96. The van der Waals surface area contributed by atoms with Crippen molar-refractivity contribution in [1.82, 2.24) is 9.62 Å². The lowest BCUT2D eigenvalue weighted by atomic mass is 9.84. The lowest BCUT2D eigenvalue weighted by molar-refractivity contribution is -0.0436. The van der Waals surface area contributed by atoms with Gasteiger partial charge in [-0.1, -0.05) is 66.2 Å². The largest absolute Gasteiger partial charge is 0.501 e. The number of aliphatic hydroxyl groups is 1. The summed E-state index contributed by atoms with van der Waals surface area (Å²) in [6.45, 7) is -0.529. The number of carbonyl (C=O) groups is 1. The second-order valence-electron chi connectivity index (χ2n) is 16.7. The fraction of sp³-hybridized carbons (Fsp3) is 0.326. The molecule has 5 aromatic carbocycles. The lowest BCUT2D eigenvalue weighted by Crippen LogP contribution is -2.36. The molecule has 1 fully saturated rings. The molecule has 0 aromatic heterocycles. The Hall–Kier alpha value is -4.36. The number of alkyl halides is 3. The molecule has 73 heavy (non-hydrogen) atoms. The first-order valence-corrected chi connectivity index (χ1v) is 29.7. The van der Waals surface area contributed by atoms with Crippen molar-refractivity contribution in [2.24, 2.45) is 5.92 Å². The summed E-state index contributed by atoms with van der Waals surface area (Å²) in [6, 6.07) is 30.5. The van der Waals surface area contributed by atoms with Crippen LogP contribution in [-0.4, -0.2) is 116 Å². The van der Waals surface area contributed by atoms with Gasteiger partial charge in [0.1, 0.15) is 4.90 Å². The number of anilines is 2. The third kappa shape index (κ3) is 16.8. The number of rotatable bonds is 24. The Kier molecular flexibility index (Phi) is 19.8. The Balaban J connectivity index is 1.16. The van der Waals surface area contributed by atoms with E-state index in [2.05, 4.69) is 14.4 Å². The van der Waals surface area contributed by atoms with Crippen molar-refractivity contribution in [3.05, 3.63) is 137 Å². The molecule has 27 heteroatoms. The highest BCUT2D eigenvalue weighted by atomic mass is 35.5.